The zero-order valence-electron chi connectivity index (χ0n) is 9.85. The second-order valence-electron chi connectivity index (χ2n) is 4.95. The molecule has 1 aromatic rings. The van der Waals surface area contributed by atoms with Crippen LogP contribution < -0.4 is 4.90 Å². The van der Waals surface area contributed by atoms with E-state index in [4.69, 9.17) is 0 Å². The molecule has 0 radical (unpaired) electrons. The summed E-state index contributed by atoms with van der Waals surface area (Å²) in [7, 11) is 0. The van der Waals surface area contributed by atoms with Gasteiger partial charge < -0.3 is 4.90 Å². The highest BCUT2D eigenvalue weighted by Gasteiger charge is 2.26. The lowest BCUT2D eigenvalue weighted by molar-refractivity contribution is 0.247. The topological polar surface area (TPSA) is 32.3 Å². The maximum atomic E-state index is 4.25. The van der Waals surface area contributed by atoms with E-state index in [-0.39, 0.29) is 0 Å². The number of anilines is 1. The molecule has 0 aromatic carbocycles. The summed E-state index contributed by atoms with van der Waals surface area (Å²) < 4.78 is 0.957. The molecule has 17 heavy (non-hydrogen) atoms. The molecule has 4 nitrogen and oxygen atoms in total. The third-order valence-corrected chi connectivity index (χ3v) is 4.10. The minimum atomic E-state index is 0.957. The highest BCUT2D eigenvalue weighted by atomic mass is 127. The Morgan fingerprint density at radius 3 is 2.47 bits per heavy atom. The highest BCUT2D eigenvalue weighted by molar-refractivity contribution is 14.1. The maximum absolute atomic E-state index is 4.25. The van der Waals surface area contributed by atoms with Gasteiger partial charge in [-0.3, -0.25) is 4.90 Å². The first-order chi connectivity index (χ1) is 8.31. The Balaban J connectivity index is 1.54. The van der Waals surface area contributed by atoms with E-state index in [1.54, 1.807) is 0 Å². The Bertz CT molecular complexity index is 369. The maximum Gasteiger partial charge on any atom is 0.151 e. The number of halogens is 1. The van der Waals surface area contributed by atoms with Gasteiger partial charge in [-0.2, -0.15) is 0 Å². The van der Waals surface area contributed by atoms with Gasteiger partial charge in [-0.15, -0.1) is 10.2 Å². The van der Waals surface area contributed by atoms with Crippen molar-refractivity contribution >= 4 is 28.4 Å². The molecule has 3 rings (SSSR count). The van der Waals surface area contributed by atoms with Crippen molar-refractivity contribution in [3.8, 4) is 0 Å². The fraction of sp³-hybridized carbons (Fsp3) is 0.667. The standard InChI is InChI=1S/C12H17IN4/c13-11-3-4-12(15-14-11)17-7-5-16(6-8-17)9-10-1-2-10/h3-4,10H,1-2,5-9H2. The van der Waals surface area contributed by atoms with Crippen molar-refractivity contribution in [1.82, 2.24) is 15.1 Å². The first kappa shape index (κ1) is 11.6. The molecule has 2 aliphatic rings. The van der Waals surface area contributed by atoms with E-state index in [9.17, 15) is 0 Å². The predicted molar refractivity (Wildman–Crippen MR) is 76.1 cm³/mol. The van der Waals surface area contributed by atoms with Crippen LogP contribution in [0.3, 0.4) is 0 Å². The number of aromatic nitrogens is 2. The molecule has 1 aromatic heterocycles. The molecule has 5 heteroatoms. The third-order valence-electron chi connectivity index (χ3n) is 3.53. The Labute approximate surface area is 116 Å². The smallest absolute Gasteiger partial charge is 0.151 e. The summed E-state index contributed by atoms with van der Waals surface area (Å²) in [5, 5.41) is 8.36. The number of nitrogens with zero attached hydrogens (tertiary/aromatic N) is 4. The minimum Gasteiger partial charge on any atom is -0.353 e. The number of hydrogen-bond donors (Lipinski definition) is 0. The fourth-order valence-electron chi connectivity index (χ4n) is 2.30. The molecule has 0 unspecified atom stereocenters. The molecular formula is C12H17IN4. The van der Waals surface area contributed by atoms with Gasteiger partial charge in [0.2, 0.25) is 0 Å². The highest BCUT2D eigenvalue weighted by Crippen LogP contribution is 2.30. The summed E-state index contributed by atoms with van der Waals surface area (Å²) in [5.41, 5.74) is 0. The van der Waals surface area contributed by atoms with Crippen LogP contribution in [-0.4, -0.2) is 47.8 Å². The molecule has 1 aliphatic heterocycles. The zero-order chi connectivity index (χ0) is 11.7. The monoisotopic (exact) mass is 344 g/mol. The van der Waals surface area contributed by atoms with Crippen LogP contribution in [0, 0.1) is 9.62 Å². The van der Waals surface area contributed by atoms with Crippen molar-refractivity contribution in [3.05, 3.63) is 15.8 Å². The molecule has 1 saturated heterocycles. The summed E-state index contributed by atoms with van der Waals surface area (Å²) in [4.78, 5) is 4.93. The number of rotatable bonds is 3. The van der Waals surface area contributed by atoms with Gasteiger partial charge in [-0.25, -0.2) is 0 Å². The SMILES string of the molecule is Ic1ccc(N2CCN(CC3CC3)CC2)nn1. The first-order valence-electron chi connectivity index (χ1n) is 6.28. The van der Waals surface area contributed by atoms with Crippen LogP contribution in [0.25, 0.3) is 0 Å². The molecule has 0 amide bonds. The molecule has 0 bridgehead atoms. The molecular weight excluding hydrogens is 327 g/mol. The first-order valence-corrected chi connectivity index (χ1v) is 7.36. The van der Waals surface area contributed by atoms with Gasteiger partial charge in [0.1, 0.15) is 3.70 Å². The summed E-state index contributed by atoms with van der Waals surface area (Å²) in [6.07, 6.45) is 2.89. The molecule has 2 fully saturated rings. The fourth-order valence-corrected chi connectivity index (χ4v) is 2.59. The lowest BCUT2D eigenvalue weighted by Crippen LogP contribution is -2.47. The zero-order valence-corrected chi connectivity index (χ0v) is 12.0. The Morgan fingerprint density at radius 1 is 1.12 bits per heavy atom. The van der Waals surface area contributed by atoms with Gasteiger partial charge in [0, 0.05) is 32.7 Å². The van der Waals surface area contributed by atoms with Crippen molar-refractivity contribution in [2.45, 2.75) is 12.8 Å². The van der Waals surface area contributed by atoms with Gasteiger partial charge in [-0.1, -0.05) is 0 Å². The van der Waals surface area contributed by atoms with Gasteiger partial charge >= 0.3 is 0 Å². The van der Waals surface area contributed by atoms with E-state index < -0.39 is 0 Å². The van der Waals surface area contributed by atoms with Crippen LogP contribution in [0.2, 0.25) is 0 Å². The van der Waals surface area contributed by atoms with Crippen LogP contribution in [-0.2, 0) is 0 Å². The van der Waals surface area contributed by atoms with Crippen molar-refractivity contribution in [2.75, 3.05) is 37.6 Å². The normalized spacial score (nSPS) is 21.8. The average Bonchev–Trinajstić information content (AvgIpc) is 3.15. The molecule has 0 N–H and O–H groups in total. The van der Waals surface area contributed by atoms with Crippen LogP contribution in [0.5, 0.6) is 0 Å². The van der Waals surface area contributed by atoms with E-state index in [1.165, 1.54) is 32.5 Å². The second-order valence-corrected chi connectivity index (χ2v) is 6.05. The average molecular weight is 344 g/mol. The lowest BCUT2D eigenvalue weighted by Gasteiger charge is -2.35. The van der Waals surface area contributed by atoms with Crippen molar-refractivity contribution < 1.29 is 0 Å². The largest absolute Gasteiger partial charge is 0.353 e. The summed E-state index contributed by atoms with van der Waals surface area (Å²) in [5.74, 6) is 2.02. The number of hydrogen-bond acceptors (Lipinski definition) is 4. The molecule has 1 aliphatic carbocycles. The number of piperazine rings is 1. The second kappa shape index (κ2) is 5.06. The van der Waals surface area contributed by atoms with Crippen LogP contribution >= 0.6 is 22.6 Å². The van der Waals surface area contributed by atoms with Crippen LogP contribution in [0.1, 0.15) is 12.8 Å². The van der Waals surface area contributed by atoms with E-state index in [2.05, 4.69) is 48.7 Å². The van der Waals surface area contributed by atoms with Gasteiger partial charge in [0.25, 0.3) is 0 Å². The minimum absolute atomic E-state index is 0.957. The van der Waals surface area contributed by atoms with Gasteiger partial charge in [0.05, 0.1) is 0 Å². The Kier molecular flexibility index (Phi) is 3.46. The van der Waals surface area contributed by atoms with E-state index in [0.29, 0.717) is 0 Å². The van der Waals surface area contributed by atoms with Crippen molar-refractivity contribution in [1.29, 1.82) is 0 Å². The molecule has 2 heterocycles. The molecule has 0 spiro atoms. The van der Waals surface area contributed by atoms with Crippen LogP contribution in [0.15, 0.2) is 12.1 Å². The Morgan fingerprint density at radius 2 is 1.88 bits per heavy atom. The quantitative estimate of drug-likeness (QED) is 0.780. The van der Waals surface area contributed by atoms with E-state index >= 15 is 0 Å². The van der Waals surface area contributed by atoms with Crippen molar-refractivity contribution in [3.63, 3.8) is 0 Å². The van der Waals surface area contributed by atoms with E-state index in [1.807, 2.05) is 6.07 Å². The summed E-state index contributed by atoms with van der Waals surface area (Å²) in [6, 6.07) is 4.10. The molecule has 92 valence electrons. The lowest BCUT2D eigenvalue weighted by atomic mass is 10.3. The predicted octanol–water partition coefficient (Wildman–Crippen LogP) is 1.61. The van der Waals surface area contributed by atoms with Gasteiger partial charge in [-0.05, 0) is 53.5 Å². The molecule has 0 atom stereocenters. The van der Waals surface area contributed by atoms with Crippen molar-refractivity contribution in [2.24, 2.45) is 5.92 Å². The molecule has 1 saturated carbocycles. The van der Waals surface area contributed by atoms with E-state index in [0.717, 1.165) is 28.5 Å². The Hall–Kier alpha value is -0.430. The van der Waals surface area contributed by atoms with Gasteiger partial charge in [0.15, 0.2) is 5.82 Å². The summed E-state index contributed by atoms with van der Waals surface area (Å²) >= 11 is 2.19. The summed E-state index contributed by atoms with van der Waals surface area (Å²) in [6.45, 7) is 5.82. The third kappa shape index (κ3) is 3.07. The van der Waals surface area contributed by atoms with Crippen LogP contribution in [0.4, 0.5) is 5.82 Å².